The number of rotatable bonds is 4. The summed E-state index contributed by atoms with van der Waals surface area (Å²) in [6.45, 7) is 1.45. The maximum atomic E-state index is 5.77. The fourth-order valence-corrected chi connectivity index (χ4v) is 1.70. The third kappa shape index (κ3) is 3.04. The van der Waals surface area contributed by atoms with E-state index in [0.29, 0.717) is 12.6 Å². The summed E-state index contributed by atoms with van der Waals surface area (Å²) in [5.41, 5.74) is 1.23. The predicted molar refractivity (Wildman–Crippen MR) is 66.6 cm³/mol. The summed E-state index contributed by atoms with van der Waals surface area (Å²) in [7, 11) is 0. The number of hydrogen-bond acceptors (Lipinski definition) is 2. The highest BCUT2D eigenvalue weighted by atomic mass is 35.5. The average molecular weight is 236 g/mol. The molecule has 0 atom stereocenters. The van der Waals surface area contributed by atoms with Crippen molar-refractivity contribution in [3.05, 3.63) is 54.3 Å². The Morgan fingerprint density at radius 3 is 2.81 bits per heavy atom. The van der Waals surface area contributed by atoms with Gasteiger partial charge >= 0.3 is 0 Å². The van der Waals surface area contributed by atoms with Crippen molar-refractivity contribution in [1.29, 1.82) is 0 Å². The van der Waals surface area contributed by atoms with Gasteiger partial charge in [0.05, 0.1) is 6.00 Å². The topological polar surface area (TPSA) is 12.5 Å². The fourth-order valence-electron chi connectivity index (χ4n) is 1.54. The van der Waals surface area contributed by atoms with Gasteiger partial charge in [0.1, 0.15) is 12.4 Å². The number of allylic oxidation sites excluding steroid dienone is 2. The van der Waals surface area contributed by atoms with Gasteiger partial charge in [0.25, 0.3) is 0 Å². The summed E-state index contributed by atoms with van der Waals surface area (Å²) in [5, 5.41) is 0. The monoisotopic (exact) mass is 235 g/mol. The molecule has 0 radical (unpaired) electrons. The molecule has 2 rings (SSSR count). The predicted octanol–water partition coefficient (Wildman–Crippen LogP) is 3.02. The van der Waals surface area contributed by atoms with Crippen LogP contribution in [0.4, 0.5) is 0 Å². The molecule has 1 heterocycles. The van der Waals surface area contributed by atoms with E-state index in [9.17, 15) is 0 Å². The Labute approximate surface area is 101 Å². The first-order chi connectivity index (χ1) is 7.88. The molecule has 0 saturated heterocycles. The van der Waals surface area contributed by atoms with Crippen molar-refractivity contribution in [3.8, 4) is 5.75 Å². The molecule has 0 saturated carbocycles. The Balaban J connectivity index is 1.87. The van der Waals surface area contributed by atoms with Crippen molar-refractivity contribution < 1.29 is 4.74 Å². The maximum Gasteiger partial charge on any atom is 0.119 e. The van der Waals surface area contributed by atoms with Gasteiger partial charge in [-0.3, -0.25) is 0 Å². The highest BCUT2D eigenvalue weighted by molar-refractivity contribution is 6.17. The Hall–Kier alpha value is -1.41. The summed E-state index contributed by atoms with van der Waals surface area (Å²) < 4.78 is 5.67. The van der Waals surface area contributed by atoms with E-state index in [1.807, 2.05) is 47.5 Å². The molecule has 0 aromatic heterocycles. The molecule has 1 aromatic carbocycles. The zero-order chi connectivity index (χ0) is 11.2. The van der Waals surface area contributed by atoms with Crippen LogP contribution in [0.25, 0.3) is 0 Å². The first kappa shape index (κ1) is 11.1. The largest absolute Gasteiger partial charge is 0.489 e. The van der Waals surface area contributed by atoms with Crippen LogP contribution in [0.2, 0.25) is 0 Å². The van der Waals surface area contributed by atoms with E-state index >= 15 is 0 Å². The highest BCUT2D eigenvalue weighted by Crippen LogP contribution is 2.12. The van der Waals surface area contributed by atoms with Crippen molar-refractivity contribution in [2.24, 2.45) is 0 Å². The molecular formula is C13H14ClNO. The number of para-hydroxylation sites is 1. The van der Waals surface area contributed by atoms with Gasteiger partial charge in [0.15, 0.2) is 0 Å². The molecule has 0 fully saturated rings. The van der Waals surface area contributed by atoms with Crippen LogP contribution in [0.1, 0.15) is 0 Å². The molecule has 1 aromatic rings. The van der Waals surface area contributed by atoms with E-state index in [-0.39, 0.29) is 0 Å². The molecule has 0 aliphatic carbocycles. The molecule has 0 bridgehead atoms. The number of alkyl halides is 1. The quantitative estimate of drug-likeness (QED) is 0.588. The number of hydrogen-bond donors (Lipinski definition) is 0. The Kier molecular flexibility index (Phi) is 3.89. The van der Waals surface area contributed by atoms with Crippen LogP contribution in [-0.2, 0) is 0 Å². The van der Waals surface area contributed by atoms with Crippen LogP contribution < -0.4 is 4.74 Å². The summed E-state index contributed by atoms with van der Waals surface area (Å²) in [6.07, 6.45) is 6.06. The second kappa shape index (κ2) is 5.61. The molecule has 0 unspecified atom stereocenters. The van der Waals surface area contributed by atoms with E-state index in [4.69, 9.17) is 16.3 Å². The van der Waals surface area contributed by atoms with Gasteiger partial charge in [-0.05, 0) is 23.8 Å². The van der Waals surface area contributed by atoms with Crippen molar-refractivity contribution >= 4 is 11.6 Å². The van der Waals surface area contributed by atoms with E-state index in [0.717, 1.165) is 12.3 Å². The molecule has 1 aliphatic rings. The van der Waals surface area contributed by atoms with Crippen LogP contribution in [0.3, 0.4) is 0 Å². The van der Waals surface area contributed by atoms with Crippen LogP contribution in [0.15, 0.2) is 54.3 Å². The molecule has 84 valence electrons. The summed E-state index contributed by atoms with van der Waals surface area (Å²) >= 11 is 5.77. The van der Waals surface area contributed by atoms with Crippen molar-refractivity contribution in [2.75, 3.05) is 19.2 Å². The van der Waals surface area contributed by atoms with Crippen molar-refractivity contribution in [1.82, 2.24) is 4.90 Å². The minimum Gasteiger partial charge on any atom is -0.489 e. The second-order valence-electron chi connectivity index (χ2n) is 3.63. The summed E-state index contributed by atoms with van der Waals surface area (Å²) in [4.78, 5) is 2.03. The van der Waals surface area contributed by atoms with Crippen LogP contribution in [0, 0.1) is 0 Å². The molecule has 0 N–H and O–H groups in total. The van der Waals surface area contributed by atoms with Crippen LogP contribution in [-0.4, -0.2) is 24.1 Å². The van der Waals surface area contributed by atoms with E-state index in [2.05, 4.69) is 6.08 Å². The van der Waals surface area contributed by atoms with E-state index < -0.39 is 0 Å². The molecule has 3 heteroatoms. The second-order valence-corrected chi connectivity index (χ2v) is 3.87. The van der Waals surface area contributed by atoms with E-state index in [1.54, 1.807) is 0 Å². The number of nitrogens with zero attached hydrogens (tertiary/aromatic N) is 1. The lowest BCUT2D eigenvalue weighted by molar-refractivity contribution is 0.333. The number of halogens is 1. The van der Waals surface area contributed by atoms with Gasteiger partial charge in [-0.25, -0.2) is 0 Å². The average Bonchev–Trinajstić information content (AvgIpc) is 2.38. The smallest absolute Gasteiger partial charge is 0.119 e. The fraction of sp³-hybridized carbons (Fsp3) is 0.231. The Morgan fingerprint density at radius 2 is 2.06 bits per heavy atom. The lowest BCUT2D eigenvalue weighted by Gasteiger charge is -2.22. The third-order valence-corrected chi connectivity index (χ3v) is 2.66. The lowest BCUT2D eigenvalue weighted by atomic mass is 10.2. The summed E-state index contributed by atoms with van der Waals surface area (Å²) in [5.74, 6) is 0.898. The Bertz CT molecular complexity index is 386. The zero-order valence-corrected chi connectivity index (χ0v) is 9.73. The number of benzene rings is 1. The highest BCUT2D eigenvalue weighted by Gasteiger charge is 2.06. The van der Waals surface area contributed by atoms with Crippen LogP contribution in [0.5, 0.6) is 5.75 Å². The summed E-state index contributed by atoms with van der Waals surface area (Å²) in [6, 6.07) is 10.3. The molecule has 0 spiro atoms. The van der Waals surface area contributed by atoms with Gasteiger partial charge in [0, 0.05) is 12.7 Å². The molecule has 16 heavy (non-hydrogen) atoms. The lowest BCUT2D eigenvalue weighted by Crippen LogP contribution is -2.23. The molecule has 2 nitrogen and oxygen atoms in total. The zero-order valence-electron chi connectivity index (χ0n) is 8.97. The minimum atomic E-state index is 0.513. The van der Waals surface area contributed by atoms with Gasteiger partial charge < -0.3 is 9.64 Å². The first-order valence-electron chi connectivity index (χ1n) is 5.22. The van der Waals surface area contributed by atoms with Gasteiger partial charge in [-0.1, -0.05) is 24.3 Å². The third-order valence-electron chi connectivity index (χ3n) is 2.36. The van der Waals surface area contributed by atoms with Gasteiger partial charge in [-0.15, -0.1) is 11.6 Å². The Morgan fingerprint density at radius 1 is 1.25 bits per heavy atom. The standard InChI is InChI=1S/C13H14ClNO/c14-11-15-8-4-5-12(9-15)10-16-13-6-2-1-3-7-13/h1-8H,9-11H2. The van der Waals surface area contributed by atoms with Crippen molar-refractivity contribution in [2.45, 2.75) is 0 Å². The first-order valence-corrected chi connectivity index (χ1v) is 5.76. The minimum absolute atomic E-state index is 0.513. The SMILES string of the molecule is ClCN1C=CC=C(COc2ccccc2)C1. The van der Waals surface area contributed by atoms with Gasteiger partial charge in [0.2, 0.25) is 0 Å². The van der Waals surface area contributed by atoms with E-state index in [1.165, 1.54) is 5.57 Å². The molecule has 0 amide bonds. The van der Waals surface area contributed by atoms with Crippen LogP contribution >= 0.6 is 11.6 Å². The normalized spacial score (nSPS) is 14.8. The van der Waals surface area contributed by atoms with Gasteiger partial charge in [-0.2, -0.15) is 0 Å². The molecular weight excluding hydrogens is 222 g/mol. The van der Waals surface area contributed by atoms with Crippen molar-refractivity contribution in [3.63, 3.8) is 0 Å². The number of ether oxygens (including phenoxy) is 1. The maximum absolute atomic E-state index is 5.77. The molecule has 1 aliphatic heterocycles.